The van der Waals surface area contributed by atoms with E-state index in [1.165, 1.54) is 11.3 Å². The molecule has 16 heavy (non-hydrogen) atoms. The van der Waals surface area contributed by atoms with Crippen molar-refractivity contribution in [2.45, 2.75) is 38.2 Å². The number of aliphatic hydroxyl groups is 1. The van der Waals surface area contributed by atoms with E-state index in [1.807, 2.05) is 0 Å². The van der Waals surface area contributed by atoms with Crippen molar-refractivity contribution in [1.82, 2.24) is 4.98 Å². The van der Waals surface area contributed by atoms with Gasteiger partial charge < -0.3 is 5.11 Å². The molecule has 1 aromatic heterocycles. The van der Waals surface area contributed by atoms with E-state index in [2.05, 4.69) is 4.98 Å². The smallest absolute Gasteiger partial charge is 0.0960 e. The molecule has 5 heteroatoms. The summed E-state index contributed by atoms with van der Waals surface area (Å²) in [6.07, 6.45) is 2.39. The first-order chi connectivity index (χ1) is 7.81. The maximum Gasteiger partial charge on any atom is 0.0960 e. The van der Waals surface area contributed by atoms with Crippen molar-refractivity contribution in [1.29, 1.82) is 0 Å². The Kier molecular flexibility index (Phi) is 6.49. The van der Waals surface area contributed by atoms with E-state index < -0.39 is 0 Å². The van der Waals surface area contributed by atoms with Gasteiger partial charge in [-0.05, 0) is 25.7 Å². The fraction of sp³-hybridized carbons (Fsp3) is 0.727. The summed E-state index contributed by atoms with van der Waals surface area (Å²) in [5.74, 6) is 0.136. The van der Waals surface area contributed by atoms with Crippen LogP contribution < -0.4 is 0 Å². The molecule has 0 aliphatic heterocycles. The van der Waals surface area contributed by atoms with Crippen LogP contribution >= 0.6 is 11.3 Å². The molecule has 2 nitrogen and oxygen atoms in total. The molecular formula is C11H17F2NOS. The first-order valence-electron chi connectivity index (χ1n) is 5.49. The van der Waals surface area contributed by atoms with E-state index >= 15 is 0 Å². The van der Waals surface area contributed by atoms with Crippen LogP contribution in [0.3, 0.4) is 0 Å². The van der Waals surface area contributed by atoms with Crippen LogP contribution in [0.25, 0.3) is 0 Å². The number of alkyl halides is 2. The normalized spacial score (nSPS) is 11.2. The highest BCUT2D eigenvalue weighted by atomic mass is 32.1. The largest absolute Gasteiger partial charge is 0.390 e. The second-order valence-electron chi connectivity index (χ2n) is 3.69. The minimum Gasteiger partial charge on any atom is -0.390 e. The third-order valence-corrected chi connectivity index (χ3v) is 3.51. The van der Waals surface area contributed by atoms with Gasteiger partial charge in [0, 0.05) is 11.3 Å². The van der Waals surface area contributed by atoms with E-state index in [-0.39, 0.29) is 25.9 Å². The molecule has 0 fully saturated rings. The van der Waals surface area contributed by atoms with Gasteiger partial charge in [0.2, 0.25) is 0 Å². The molecule has 1 N–H and O–H groups in total. The number of hydrogen-bond acceptors (Lipinski definition) is 3. The number of aliphatic hydroxyl groups excluding tert-OH is 1. The molecule has 0 amide bonds. The molecule has 0 unspecified atom stereocenters. The molecule has 0 atom stereocenters. The fourth-order valence-corrected chi connectivity index (χ4v) is 2.60. The third-order valence-electron chi connectivity index (χ3n) is 2.45. The summed E-state index contributed by atoms with van der Waals surface area (Å²) in [5.41, 5.74) is 0.644. The summed E-state index contributed by atoms with van der Waals surface area (Å²) in [4.78, 5) is 4.26. The summed E-state index contributed by atoms with van der Waals surface area (Å²) >= 11 is 1.47. The molecule has 0 radical (unpaired) electrons. The lowest BCUT2D eigenvalue weighted by Gasteiger charge is -2.12. The Morgan fingerprint density at radius 1 is 1.25 bits per heavy atom. The fourth-order valence-electron chi connectivity index (χ4n) is 1.62. The maximum absolute atomic E-state index is 12.1. The van der Waals surface area contributed by atoms with Gasteiger partial charge in [-0.3, -0.25) is 8.78 Å². The van der Waals surface area contributed by atoms with E-state index in [9.17, 15) is 8.78 Å². The van der Waals surface area contributed by atoms with E-state index in [1.54, 1.807) is 5.38 Å². The quantitative estimate of drug-likeness (QED) is 0.767. The van der Waals surface area contributed by atoms with E-state index in [0.717, 1.165) is 5.01 Å². The first kappa shape index (κ1) is 13.5. The van der Waals surface area contributed by atoms with Crippen LogP contribution in [-0.4, -0.2) is 23.4 Å². The van der Waals surface area contributed by atoms with Crippen molar-refractivity contribution < 1.29 is 13.9 Å². The molecule has 1 heterocycles. The Balaban J connectivity index is 2.58. The molecule has 0 aliphatic rings. The van der Waals surface area contributed by atoms with Crippen LogP contribution in [0.2, 0.25) is 0 Å². The van der Waals surface area contributed by atoms with Crippen molar-refractivity contribution in [3.05, 3.63) is 16.1 Å². The zero-order chi connectivity index (χ0) is 11.8. The van der Waals surface area contributed by atoms with Crippen molar-refractivity contribution in [2.24, 2.45) is 0 Å². The monoisotopic (exact) mass is 249 g/mol. The second-order valence-corrected chi connectivity index (χ2v) is 4.58. The number of hydrogen-bond donors (Lipinski definition) is 1. The van der Waals surface area contributed by atoms with Crippen molar-refractivity contribution in [2.75, 3.05) is 13.3 Å². The molecule has 0 aromatic carbocycles. The lowest BCUT2D eigenvalue weighted by molar-refractivity contribution is 0.277. The zero-order valence-corrected chi connectivity index (χ0v) is 9.98. The van der Waals surface area contributed by atoms with Crippen LogP contribution in [0.4, 0.5) is 8.78 Å². The molecular weight excluding hydrogens is 232 g/mol. The van der Waals surface area contributed by atoms with E-state index in [4.69, 9.17) is 5.11 Å². The van der Waals surface area contributed by atoms with Crippen LogP contribution in [0.1, 0.15) is 42.3 Å². The molecule has 0 spiro atoms. The molecule has 0 saturated heterocycles. The maximum atomic E-state index is 12.1. The average molecular weight is 249 g/mol. The van der Waals surface area contributed by atoms with Crippen molar-refractivity contribution in [3.63, 3.8) is 0 Å². The van der Waals surface area contributed by atoms with Gasteiger partial charge in [-0.1, -0.05) is 0 Å². The van der Waals surface area contributed by atoms with Gasteiger partial charge in [0.15, 0.2) is 0 Å². The third kappa shape index (κ3) is 4.14. The zero-order valence-electron chi connectivity index (χ0n) is 9.16. The Bertz CT molecular complexity index is 285. The van der Waals surface area contributed by atoms with Crippen LogP contribution in [-0.2, 0) is 6.61 Å². The van der Waals surface area contributed by atoms with Gasteiger partial charge in [-0.2, -0.15) is 0 Å². The number of halogens is 2. The number of thiazole rings is 1. The van der Waals surface area contributed by atoms with Crippen molar-refractivity contribution >= 4 is 11.3 Å². The average Bonchev–Trinajstić information content (AvgIpc) is 2.78. The summed E-state index contributed by atoms with van der Waals surface area (Å²) < 4.78 is 24.3. The number of aromatic nitrogens is 1. The van der Waals surface area contributed by atoms with Gasteiger partial charge in [0.25, 0.3) is 0 Å². The van der Waals surface area contributed by atoms with E-state index in [0.29, 0.717) is 31.4 Å². The summed E-state index contributed by atoms with van der Waals surface area (Å²) in [6, 6.07) is 0. The lowest BCUT2D eigenvalue weighted by Crippen LogP contribution is -2.01. The minimum absolute atomic E-state index is 0.0740. The van der Waals surface area contributed by atoms with Crippen LogP contribution in [0.15, 0.2) is 5.38 Å². The van der Waals surface area contributed by atoms with Crippen LogP contribution in [0, 0.1) is 0 Å². The molecule has 1 aromatic rings. The highest BCUT2D eigenvalue weighted by Crippen LogP contribution is 2.29. The Labute approximate surface area is 98.3 Å². The predicted molar refractivity (Wildman–Crippen MR) is 61.2 cm³/mol. The number of nitrogens with zero attached hydrogens (tertiary/aromatic N) is 1. The molecule has 1 rings (SSSR count). The standard InChI is InChI=1S/C11H17F2NOS/c12-5-1-3-9(4-2-6-13)11-14-10(7-15)8-16-11/h8-9,15H,1-7H2. The van der Waals surface area contributed by atoms with Crippen molar-refractivity contribution in [3.8, 4) is 0 Å². The highest BCUT2D eigenvalue weighted by molar-refractivity contribution is 7.09. The highest BCUT2D eigenvalue weighted by Gasteiger charge is 2.15. The van der Waals surface area contributed by atoms with Gasteiger partial charge in [-0.25, -0.2) is 4.98 Å². The number of rotatable bonds is 8. The lowest BCUT2D eigenvalue weighted by atomic mass is 9.99. The second kappa shape index (κ2) is 7.68. The topological polar surface area (TPSA) is 33.1 Å². The van der Waals surface area contributed by atoms with Crippen LogP contribution in [0.5, 0.6) is 0 Å². The van der Waals surface area contributed by atoms with Gasteiger partial charge >= 0.3 is 0 Å². The molecule has 0 aliphatic carbocycles. The molecule has 0 bridgehead atoms. The van der Waals surface area contributed by atoms with Gasteiger partial charge in [-0.15, -0.1) is 11.3 Å². The first-order valence-corrected chi connectivity index (χ1v) is 6.36. The van der Waals surface area contributed by atoms with Gasteiger partial charge in [0.05, 0.1) is 30.7 Å². The Morgan fingerprint density at radius 2 is 1.88 bits per heavy atom. The Hall–Kier alpha value is -0.550. The predicted octanol–water partition coefficient (Wildman–Crippen LogP) is 3.22. The minimum atomic E-state index is -0.343. The summed E-state index contributed by atoms with van der Waals surface area (Å²) in [6.45, 7) is -0.760. The Morgan fingerprint density at radius 3 is 2.31 bits per heavy atom. The summed E-state index contributed by atoms with van der Waals surface area (Å²) in [7, 11) is 0. The van der Waals surface area contributed by atoms with Gasteiger partial charge in [0.1, 0.15) is 0 Å². The SMILES string of the molecule is OCc1csc(C(CCCF)CCCF)n1. The summed E-state index contributed by atoms with van der Waals surface area (Å²) in [5, 5.41) is 11.6. The molecule has 0 saturated carbocycles. The molecule has 92 valence electrons.